The van der Waals surface area contributed by atoms with Crippen LogP contribution in [-0.4, -0.2) is 0 Å². The molecule has 0 amide bonds. The van der Waals surface area contributed by atoms with Gasteiger partial charge in [-0.15, -0.1) is 0 Å². The number of hydrogen-bond donors (Lipinski definition) is 0. The summed E-state index contributed by atoms with van der Waals surface area (Å²) in [6.07, 6.45) is 0. The smallest absolute Gasteiger partial charge is 0.0159 e. The first-order chi connectivity index (χ1) is 23.1. The molecular weight excluding hydrogens is 565 g/mol. The fourth-order valence-corrected chi connectivity index (χ4v) is 7.93. The molecule has 0 unspecified atom stereocenters. The van der Waals surface area contributed by atoms with Crippen LogP contribution < -0.4 is 0 Å². The topological polar surface area (TPSA) is 0 Å². The Morgan fingerprint density at radius 3 is 1.47 bits per heavy atom. The SMILES string of the molecule is CC1(C)c2ccccc2-c2ccc(-c3c4ccccc4c(-c4ccccc4)c4cc(-c5ccc(-c6ccccc6)cc5)ccc34)cc21. The molecule has 0 aliphatic heterocycles. The molecular formula is C47H34. The van der Waals surface area contributed by atoms with Gasteiger partial charge in [-0.25, -0.2) is 0 Å². The predicted octanol–water partition coefficient (Wildman–Crippen LogP) is 13.0. The van der Waals surface area contributed by atoms with Gasteiger partial charge in [-0.05, 0) is 100 Å². The molecule has 0 nitrogen and oxygen atoms in total. The first-order valence-electron chi connectivity index (χ1n) is 16.5. The second-order valence-electron chi connectivity index (χ2n) is 13.3. The Bertz CT molecular complexity index is 2450. The second-order valence-corrected chi connectivity index (χ2v) is 13.3. The summed E-state index contributed by atoms with van der Waals surface area (Å²) in [6, 6.07) is 62.6. The van der Waals surface area contributed by atoms with E-state index in [9.17, 15) is 0 Å². The van der Waals surface area contributed by atoms with Gasteiger partial charge in [-0.2, -0.15) is 0 Å². The largest absolute Gasteiger partial charge is 0.0622 e. The minimum Gasteiger partial charge on any atom is -0.0622 e. The maximum Gasteiger partial charge on any atom is 0.0159 e. The molecule has 0 spiro atoms. The molecule has 8 aromatic carbocycles. The summed E-state index contributed by atoms with van der Waals surface area (Å²) < 4.78 is 0. The van der Waals surface area contributed by atoms with Crippen LogP contribution in [0.4, 0.5) is 0 Å². The summed E-state index contributed by atoms with van der Waals surface area (Å²) in [5, 5.41) is 5.12. The highest BCUT2D eigenvalue weighted by molar-refractivity contribution is 6.22. The van der Waals surface area contributed by atoms with Crippen LogP contribution in [0.2, 0.25) is 0 Å². The Hall–Kier alpha value is -5.72. The van der Waals surface area contributed by atoms with Gasteiger partial charge in [0.25, 0.3) is 0 Å². The van der Waals surface area contributed by atoms with Crippen LogP contribution >= 0.6 is 0 Å². The van der Waals surface area contributed by atoms with Crippen molar-refractivity contribution in [3.05, 3.63) is 181 Å². The highest BCUT2D eigenvalue weighted by Gasteiger charge is 2.35. The van der Waals surface area contributed by atoms with Gasteiger partial charge in [0, 0.05) is 5.41 Å². The first kappa shape index (κ1) is 27.6. The molecule has 0 saturated heterocycles. The van der Waals surface area contributed by atoms with Crippen LogP contribution in [0.1, 0.15) is 25.0 Å². The summed E-state index contributed by atoms with van der Waals surface area (Å²) in [5.41, 5.74) is 15.5. The molecule has 0 N–H and O–H groups in total. The van der Waals surface area contributed by atoms with Gasteiger partial charge >= 0.3 is 0 Å². The van der Waals surface area contributed by atoms with Crippen LogP contribution in [0.3, 0.4) is 0 Å². The van der Waals surface area contributed by atoms with E-state index in [1.54, 1.807) is 0 Å². The Morgan fingerprint density at radius 1 is 0.298 bits per heavy atom. The zero-order valence-corrected chi connectivity index (χ0v) is 26.7. The summed E-state index contributed by atoms with van der Waals surface area (Å²) in [6.45, 7) is 4.73. The van der Waals surface area contributed by atoms with Gasteiger partial charge in [0.2, 0.25) is 0 Å². The van der Waals surface area contributed by atoms with Crippen molar-refractivity contribution >= 4 is 21.5 Å². The van der Waals surface area contributed by atoms with Crippen molar-refractivity contribution in [1.82, 2.24) is 0 Å². The molecule has 0 aromatic heterocycles. The third kappa shape index (κ3) is 4.37. The molecule has 0 heteroatoms. The standard InChI is InChI=1S/C47H34/c1-47(2)43-20-12-11-17-37(43)38-27-26-36(30-44(38)47)46-40-19-10-9-18-39(40)45(34-15-7-4-8-16-34)42-29-35(25-28-41(42)46)33-23-21-32(22-24-33)31-13-5-3-6-14-31/h3-30H,1-2H3. The third-order valence-corrected chi connectivity index (χ3v) is 10.3. The summed E-state index contributed by atoms with van der Waals surface area (Å²) in [5.74, 6) is 0. The monoisotopic (exact) mass is 598 g/mol. The van der Waals surface area contributed by atoms with Gasteiger partial charge < -0.3 is 0 Å². The van der Waals surface area contributed by atoms with Crippen LogP contribution in [0.25, 0.3) is 77.2 Å². The quantitative estimate of drug-likeness (QED) is 0.177. The van der Waals surface area contributed by atoms with E-state index in [1.165, 1.54) is 88.3 Å². The van der Waals surface area contributed by atoms with Crippen LogP contribution in [0, 0.1) is 0 Å². The molecule has 0 fully saturated rings. The van der Waals surface area contributed by atoms with Gasteiger partial charge in [0.15, 0.2) is 0 Å². The van der Waals surface area contributed by atoms with Crippen molar-refractivity contribution in [2.24, 2.45) is 0 Å². The molecule has 0 saturated carbocycles. The van der Waals surface area contributed by atoms with E-state index in [1.807, 2.05) is 0 Å². The number of hydrogen-bond acceptors (Lipinski definition) is 0. The van der Waals surface area contributed by atoms with E-state index in [2.05, 4.69) is 184 Å². The molecule has 47 heavy (non-hydrogen) atoms. The molecule has 1 aliphatic carbocycles. The Balaban J connectivity index is 1.29. The Kier molecular flexibility index (Phi) is 6.27. The average molecular weight is 599 g/mol. The molecule has 0 heterocycles. The van der Waals surface area contributed by atoms with Crippen molar-refractivity contribution < 1.29 is 0 Å². The number of fused-ring (bicyclic) bond motifs is 5. The van der Waals surface area contributed by atoms with Crippen molar-refractivity contribution in [2.75, 3.05) is 0 Å². The van der Waals surface area contributed by atoms with E-state index in [0.29, 0.717) is 0 Å². The molecule has 0 bridgehead atoms. The second kappa shape index (κ2) is 10.7. The first-order valence-corrected chi connectivity index (χ1v) is 16.5. The maximum absolute atomic E-state index is 2.47. The van der Waals surface area contributed by atoms with Crippen molar-refractivity contribution in [1.29, 1.82) is 0 Å². The molecule has 0 radical (unpaired) electrons. The maximum atomic E-state index is 2.47. The highest BCUT2D eigenvalue weighted by atomic mass is 14.4. The van der Waals surface area contributed by atoms with E-state index < -0.39 is 0 Å². The summed E-state index contributed by atoms with van der Waals surface area (Å²) in [7, 11) is 0. The normalized spacial score (nSPS) is 13.1. The van der Waals surface area contributed by atoms with Crippen LogP contribution in [0.15, 0.2) is 170 Å². The van der Waals surface area contributed by atoms with Gasteiger partial charge in [-0.3, -0.25) is 0 Å². The minimum atomic E-state index is -0.0589. The molecule has 8 aromatic rings. The lowest BCUT2D eigenvalue weighted by Crippen LogP contribution is -2.14. The predicted molar refractivity (Wildman–Crippen MR) is 201 cm³/mol. The van der Waals surface area contributed by atoms with Gasteiger partial charge in [-0.1, -0.05) is 172 Å². The molecule has 0 atom stereocenters. The van der Waals surface area contributed by atoms with Crippen LogP contribution in [0.5, 0.6) is 0 Å². The molecule has 9 rings (SSSR count). The fourth-order valence-electron chi connectivity index (χ4n) is 7.93. The van der Waals surface area contributed by atoms with Crippen molar-refractivity contribution in [3.8, 4) is 55.6 Å². The van der Waals surface area contributed by atoms with E-state index in [0.717, 1.165) is 0 Å². The minimum absolute atomic E-state index is 0.0589. The zero-order chi connectivity index (χ0) is 31.5. The van der Waals surface area contributed by atoms with Gasteiger partial charge in [0.1, 0.15) is 0 Å². The lowest BCUT2D eigenvalue weighted by molar-refractivity contribution is 0.660. The summed E-state index contributed by atoms with van der Waals surface area (Å²) >= 11 is 0. The van der Waals surface area contributed by atoms with E-state index in [-0.39, 0.29) is 5.41 Å². The number of benzene rings is 8. The van der Waals surface area contributed by atoms with E-state index in [4.69, 9.17) is 0 Å². The Morgan fingerprint density at radius 2 is 0.766 bits per heavy atom. The lowest BCUT2D eigenvalue weighted by Gasteiger charge is -2.23. The summed E-state index contributed by atoms with van der Waals surface area (Å²) in [4.78, 5) is 0. The lowest BCUT2D eigenvalue weighted by atomic mass is 9.80. The van der Waals surface area contributed by atoms with E-state index >= 15 is 0 Å². The third-order valence-electron chi connectivity index (χ3n) is 10.3. The van der Waals surface area contributed by atoms with Crippen LogP contribution in [-0.2, 0) is 5.41 Å². The number of rotatable bonds is 4. The van der Waals surface area contributed by atoms with Crippen molar-refractivity contribution in [2.45, 2.75) is 19.3 Å². The zero-order valence-electron chi connectivity index (χ0n) is 26.7. The molecule has 1 aliphatic rings. The molecule has 222 valence electrons. The fraction of sp³-hybridized carbons (Fsp3) is 0.0638. The Labute approximate surface area is 276 Å². The van der Waals surface area contributed by atoms with Gasteiger partial charge in [0.05, 0.1) is 0 Å². The van der Waals surface area contributed by atoms with Crippen molar-refractivity contribution in [3.63, 3.8) is 0 Å². The average Bonchev–Trinajstić information content (AvgIpc) is 3.36. The highest BCUT2D eigenvalue weighted by Crippen LogP contribution is 2.51.